The number of nitrogens with one attached hydrogen (secondary N) is 1. The van der Waals surface area contributed by atoms with Gasteiger partial charge in [0.15, 0.2) is 0 Å². The van der Waals surface area contributed by atoms with Crippen LogP contribution in [0.2, 0.25) is 0 Å². The average Bonchev–Trinajstić information content (AvgIpc) is 2.37. The Labute approximate surface area is 52.7 Å². The predicted octanol–water partition coefficient (Wildman–Crippen LogP) is 0.946. The third-order valence-corrected chi connectivity index (χ3v) is 0.919. The Kier molecular flexibility index (Phi) is 1.32. The molecule has 0 spiro atoms. The molecule has 0 aliphatic rings. The third kappa shape index (κ3) is 0.970. The van der Waals surface area contributed by atoms with E-state index in [4.69, 9.17) is 5.26 Å². The van der Waals surface area contributed by atoms with Gasteiger partial charge in [-0.25, -0.2) is 4.98 Å². The monoisotopic (exact) mass is 119 g/mol. The van der Waals surface area contributed by atoms with Crippen LogP contribution in [0.15, 0.2) is 19.0 Å². The average molecular weight is 119 g/mol. The maximum atomic E-state index is 8.30. The van der Waals surface area contributed by atoms with Crippen molar-refractivity contribution in [3.63, 3.8) is 0 Å². The van der Waals surface area contributed by atoms with Crippen molar-refractivity contribution in [1.82, 2.24) is 9.97 Å². The van der Waals surface area contributed by atoms with Gasteiger partial charge in [0.1, 0.15) is 11.9 Å². The molecular formula is C6H5N3. The van der Waals surface area contributed by atoms with Crippen molar-refractivity contribution >= 4 is 5.57 Å². The van der Waals surface area contributed by atoms with Crippen LogP contribution in [0.4, 0.5) is 0 Å². The number of H-pyrrole nitrogens is 1. The highest BCUT2D eigenvalue weighted by molar-refractivity contribution is 5.69. The van der Waals surface area contributed by atoms with E-state index >= 15 is 0 Å². The Hall–Kier alpha value is -1.56. The molecule has 0 atom stereocenters. The number of aromatic amines is 1. The number of allylic oxidation sites excluding steroid dienone is 1. The molecule has 0 saturated heterocycles. The topological polar surface area (TPSA) is 52.5 Å². The zero-order valence-corrected chi connectivity index (χ0v) is 4.76. The summed E-state index contributed by atoms with van der Waals surface area (Å²) in [6.45, 7) is 3.46. The Morgan fingerprint density at radius 2 is 2.67 bits per heavy atom. The number of rotatable bonds is 1. The van der Waals surface area contributed by atoms with E-state index in [9.17, 15) is 0 Å². The summed E-state index contributed by atoms with van der Waals surface area (Å²) in [6, 6.07) is 1.88. The molecule has 0 bridgehead atoms. The summed E-state index contributed by atoms with van der Waals surface area (Å²) in [5.41, 5.74) is 0.361. The van der Waals surface area contributed by atoms with E-state index in [1.807, 2.05) is 6.07 Å². The molecule has 3 heteroatoms. The Morgan fingerprint density at radius 1 is 1.89 bits per heavy atom. The van der Waals surface area contributed by atoms with Crippen LogP contribution in [-0.4, -0.2) is 9.97 Å². The first kappa shape index (κ1) is 5.57. The van der Waals surface area contributed by atoms with Crippen LogP contribution in [0, 0.1) is 11.3 Å². The lowest BCUT2D eigenvalue weighted by atomic mass is 10.3. The van der Waals surface area contributed by atoms with Crippen molar-refractivity contribution in [1.29, 1.82) is 5.26 Å². The van der Waals surface area contributed by atoms with Gasteiger partial charge in [-0.05, 0) is 0 Å². The van der Waals surface area contributed by atoms with Gasteiger partial charge < -0.3 is 4.98 Å². The number of aromatic nitrogens is 2. The van der Waals surface area contributed by atoms with E-state index in [1.54, 1.807) is 12.4 Å². The lowest BCUT2D eigenvalue weighted by Crippen LogP contribution is -1.79. The van der Waals surface area contributed by atoms with Gasteiger partial charge in [-0.2, -0.15) is 5.26 Å². The second kappa shape index (κ2) is 2.14. The number of hydrogen-bond donors (Lipinski definition) is 1. The third-order valence-electron chi connectivity index (χ3n) is 0.919. The largest absolute Gasteiger partial charge is 0.344 e. The fraction of sp³-hybridized carbons (Fsp3) is 0. The van der Waals surface area contributed by atoms with Crippen LogP contribution in [0.1, 0.15) is 5.82 Å². The Balaban J connectivity index is 2.93. The van der Waals surface area contributed by atoms with Gasteiger partial charge in [-0.15, -0.1) is 0 Å². The molecule has 0 unspecified atom stereocenters. The van der Waals surface area contributed by atoms with Crippen molar-refractivity contribution in [2.24, 2.45) is 0 Å². The number of nitriles is 1. The molecule has 1 heterocycles. The van der Waals surface area contributed by atoms with E-state index in [-0.39, 0.29) is 0 Å². The molecule has 0 aliphatic heterocycles. The van der Waals surface area contributed by atoms with E-state index in [0.717, 1.165) is 0 Å². The second-order valence-electron chi connectivity index (χ2n) is 1.53. The van der Waals surface area contributed by atoms with E-state index < -0.39 is 0 Å². The SMILES string of the molecule is C=C(C#N)c1ncc[nH]1. The van der Waals surface area contributed by atoms with Crippen LogP contribution in [0.5, 0.6) is 0 Å². The van der Waals surface area contributed by atoms with E-state index in [2.05, 4.69) is 16.5 Å². The molecule has 9 heavy (non-hydrogen) atoms. The van der Waals surface area contributed by atoms with Gasteiger partial charge in [0.05, 0.1) is 5.57 Å². The van der Waals surface area contributed by atoms with Crippen LogP contribution in [-0.2, 0) is 0 Å². The Morgan fingerprint density at radius 3 is 3.11 bits per heavy atom. The molecule has 44 valence electrons. The molecule has 0 saturated carbocycles. The van der Waals surface area contributed by atoms with Crippen molar-refractivity contribution in [3.8, 4) is 6.07 Å². The minimum Gasteiger partial charge on any atom is -0.344 e. The highest BCUT2D eigenvalue weighted by Gasteiger charge is 1.95. The molecule has 0 aromatic carbocycles. The summed E-state index contributed by atoms with van der Waals surface area (Å²) in [7, 11) is 0. The summed E-state index contributed by atoms with van der Waals surface area (Å²) < 4.78 is 0. The van der Waals surface area contributed by atoms with Crippen molar-refractivity contribution in [2.45, 2.75) is 0 Å². The number of nitrogens with zero attached hydrogens (tertiary/aromatic N) is 2. The highest BCUT2D eigenvalue weighted by Crippen LogP contribution is 2.01. The summed E-state index contributed by atoms with van der Waals surface area (Å²) >= 11 is 0. The zero-order chi connectivity index (χ0) is 6.69. The maximum absolute atomic E-state index is 8.30. The molecule has 0 fully saturated rings. The lowest BCUT2D eigenvalue weighted by molar-refractivity contribution is 1.25. The first-order chi connectivity index (χ1) is 4.34. The fourth-order valence-electron chi connectivity index (χ4n) is 0.483. The Bertz CT molecular complexity index is 240. The summed E-state index contributed by atoms with van der Waals surface area (Å²) in [6.07, 6.45) is 3.23. The number of imidazole rings is 1. The molecule has 1 aromatic heterocycles. The van der Waals surface area contributed by atoms with Crippen molar-refractivity contribution in [3.05, 3.63) is 24.8 Å². The predicted molar refractivity (Wildman–Crippen MR) is 33.2 cm³/mol. The smallest absolute Gasteiger partial charge is 0.147 e. The van der Waals surface area contributed by atoms with Crippen molar-refractivity contribution < 1.29 is 0 Å². The standard InChI is InChI=1S/C6H5N3/c1-5(4-7)6-8-2-3-9-6/h2-3H,1H2,(H,8,9). The fourth-order valence-corrected chi connectivity index (χ4v) is 0.483. The van der Waals surface area contributed by atoms with E-state index in [0.29, 0.717) is 11.4 Å². The van der Waals surface area contributed by atoms with E-state index in [1.165, 1.54) is 0 Å². The van der Waals surface area contributed by atoms with Gasteiger partial charge in [0, 0.05) is 12.4 Å². The van der Waals surface area contributed by atoms with Crippen molar-refractivity contribution in [2.75, 3.05) is 0 Å². The molecule has 1 aromatic rings. The number of hydrogen-bond acceptors (Lipinski definition) is 2. The first-order valence-corrected chi connectivity index (χ1v) is 2.43. The molecular weight excluding hydrogens is 114 g/mol. The summed E-state index contributed by atoms with van der Waals surface area (Å²) in [4.78, 5) is 6.56. The van der Waals surface area contributed by atoms with Crippen LogP contribution in [0.25, 0.3) is 5.57 Å². The first-order valence-electron chi connectivity index (χ1n) is 2.43. The van der Waals surface area contributed by atoms with Gasteiger partial charge >= 0.3 is 0 Å². The maximum Gasteiger partial charge on any atom is 0.147 e. The minimum absolute atomic E-state index is 0.361. The van der Waals surface area contributed by atoms with Gasteiger partial charge in [-0.3, -0.25) is 0 Å². The molecule has 0 radical (unpaired) electrons. The second-order valence-corrected chi connectivity index (χ2v) is 1.53. The van der Waals surface area contributed by atoms with Gasteiger partial charge in [0.25, 0.3) is 0 Å². The van der Waals surface area contributed by atoms with Gasteiger partial charge in [-0.1, -0.05) is 6.58 Å². The lowest BCUT2D eigenvalue weighted by Gasteiger charge is -1.83. The summed E-state index contributed by atoms with van der Waals surface area (Å²) in [5, 5.41) is 8.30. The van der Waals surface area contributed by atoms with Crippen LogP contribution >= 0.6 is 0 Å². The molecule has 1 N–H and O–H groups in total. The summed E-state index contributed by atoms with van der Waals surface area (Å²) in [5.74, 6) is 0.539. The quantitative estimate of drug-likeness (QED) is 0.559. The van der Waals surface area contributed by atoms with Gasteiger partial charge in [0.2, 0.25) is 0 Å². The normalized spacial score (nSPS) is 8.33. The molecule has 1 rings (SSSR count). The molecule has 0 aliphatic carbocycles. The highest BCUT2D eigenvalue weighted by atomic mass is 14.9. The zero-order valence-electron chi connectivity index (χ0n) is 4.76. The molecule has 0 amide bonds. The van der Waals surface area contributed by atoms with Crippen LogP contribution in [0.3, 0.4) is 0 Å². The minimum atomic E-state index is 0.361. The van der Waals surface area contributed by atoms with Crippen LogP contribution < -0.4 is 0 Å². The molecule has 3 nitrogen and oxygen atoms in total.